The van der Waals surface area contributed by atoms with Gasteiger partial charge in [0.15, 0.2) is 5.69 Å². The highest BCUT2D eigenvalue weighted by molar-refractivity contribution is 6.04. The molecule has 1 fully saturated rings. The molecule has 3 N–H and O–H groups in total. The number of benzene rings is 1. The van der Waals surface area contributed by atoms with Crippen LogP contribution in [0.25, 0.3) is 0 Å². The predicted octanol–water partition coefficient (Wildman–Crippen LogP) is 2.68. The van der Waals surface area contributed by atoms with Gasteiger partial charge < -0.3 is 20.1 Å². The topological polar surface area (TPSA) is 88.3 Å². The van der Waals surface area contributed by atoms with Crippen LogP contribution in [0.15, 0.2) is 24.3 Å². The van der Waals surface area contributed by atoms with Crippen LogP contribution < -0.4 is 15.4 Å². The maximum atomic E-state index is 12.7. The fourth-order valence-electron chi connectivity index (χ4n) is 3.41. The molecule has 0 saturated carbocycles. The van der Waals surface area contributed by atoms with E-state index in [1.165, 1.54) is 6.42 Å². The summed E-state index contributed by atoms with van der Waals surface area (Å²) in [6, 6.07) is 7.47. The van der Waals surface area contributed by atoms with Gasteiger partial charge in [0, 0.05) is 37.4 Å². The third kappa shape index (κ3) is 4.61. The van der Waals surface area contributed by atoms with Gasteiger partial charge in [0.2, 0.25) is 0 Å². The van der Waals surface area contributed by atoms with Crippen molar-refractivity contribution in [3.05, 3.63) is 41.2 Å². The zero-order valence-corrected chi connectivity index (χ0v) is 15.9. The van der Waals surface area contributed by atoms with Crippen LogP contribution in [-0.4, -0.2) is 42.0 Å². The lowest BCUT2D eigenvalue weighted by atomic mass is 10.1. The molecule has 1 aromatic carbocycles. The second-order valence-electron chi connectivity index (χ2n) is 6.71. The van der Waals surface area contributed by atoms with E-state index in [9.17, 15) is 4.79 Å². The smallest absolute Gasteiger partial charge is 0.276 e. The quantitative estimate of drug-likeness (QED) is 0.728. The number of aromatic amines is 1. The Balaban J connectivity index is 0.00000210. The number of hydrogen-bond donors (Lipinski definition) is 3. The summed E-state index contributed by atoms with van der Waals surface area (Å²) in [7, 11) is 0. The number of H-pyrrole nitrogens is 1. The molecular weight excluding hydrogens is 368 g/mol. The lowest BCUT2D eigenvalue weighted by molar-refractivity contribution is -0.0109. The van der Waals surface area contributed by atoms with Gasteiger partial charge in [0.1, 0.15) is 12.4 Å². The Hall–Kier alpha value is -2.09. The number of anilines is 1. The molecule has 8 heteroatoms. The van der Waals surface area contributed by atoms with E-state index >= 15 is 0 Å². The largest absolute Gasteiger partial charge is 0.489 e. The highest BCUT2D eigenvalue weighted by atomic mass is 35.5. The summed E-state index contributed by atoms with van der Waals surface area (Å²) in [6.07, 6.45) is 4.28. The molecule has 146 valence electrons. The van der Waals surface area contributed by atoms with E-state index in [0.717, 1.165) is 43.7 Å². The second-order valence-corrected chi connectivity index (χ2v) is 6.71. The molecular formula is C19H25ClN4O3. The average Bonchev–Trinajstić information content (AvgIpc) is 3.12. The number of para-hydroxylation sites is 2. The fraction of sp³-hybridized carbons (Fsp3) is 0.474. The number of fused-ring (bicyclic) bond motifs is 1. The Morgan fingerprint density at radius 2 is 2.22 bits per heavy atom. The normalized spacial score (nSPS) is 18.9. The number of carbonyl (C=O) groups is 1. The van der Waals surface area contributed by atoms with Gasteiger partial charge in [-0.05, 0) is 31.4 Å². The van der Waals surface area contributed by atoms with Crippen molar-refractivity contribution in [3.8, 4) is 5.75 Å². The highest BCUT2D eigenvalue weighted by Gasteiger charge is 2.22. The van der Waals surface area contributed by atoms with Crippen molar-refractivity contribution < 1.29 is 14.3 Å². The Bertz CT molecular complexity index is 774. The number of ether oxygens (including phenoxy) is 2. The maximum Gasteiger partial charge on any atom is 0.276 e. The first-order valence-corrected chi connectivity index (χ1v) is 9.23. The Kier molecular flexibility index (Phi) is 6.71. The molecule has 1 amide bonds. The summed E-state index contributed by atoms with van der Waals surface area (Å²) in [5, 5.41) is 13.4. The minimum Gasteiger partial charge on any atom is -0.489 e. The number of nitrogens with zero attached hydrogens (tertiary/aromatic N) is 1. The second kappa shape index (κ2) is 9.21. The molecule has 0 bridgehead atoms. The Morgan fingerprint density at radius 3 is 3.07 bits per heavy atom. The lowest BCUT2D eigenvalue weighted by Crippen LogP contribution is -2.26. The van der Waals surface area contributed by atoms with Crippen molar-refractivity contribution in [1.82, 2.24) is 15.5 Å². The Labute approximate surface area is 164 Å². The molecule has 3 heterocycles. The van der Waals surface area contributed by atoms with Crippen molar-refractivity contribution in [3.63, 3.8) is 0 Å². The van der Waals surface area contributed by atoms with Crippen molar-refractivity contribution in [2.75, 3.05) is 25.1 Å². The molecule has 4 rings (SSSR count). The summed E-state index contributed by atoms with van der Waals surface area (Å²) in [5.41, 5.74) is 3.07. The molecule has 7 nitrogen and oxygen atoms in total. The number of aromatic nitrogens is 2. The van der Waals surface area contributed by atoms with Gasteiger partial charge >= 0.3 is 0 Å². The van der Waals surface area contributed by atoms with Crippen molar-refractivity contribution >= 4 is 24.0 Å². The van der Waals surface area contributed by atoms with Crippen LogP contribution in [0.1, 0.15) is 41.0 Å². The molecule has 2 aromatic rings. The number of halogens is 1. The first-order chi connectivity index (χ1) is 12.8. The van der Waals surface area contributed by atoms with Crippen molar-refractivity contribution in [2.45, 2.75) is 38.3 Å². The van der Waals surface area contributed by atoms with Crippen molar-refractivity contribution in [2.24, 2.45) is 0 Å². The first-order valence-electron chi connectivity index (χ1n) is 9.23. The fourth-order valence-corrected chi connectivity index (χ4v) is 3.41. The van der Waals surface area contributed by atoms with Gasteiger partial charge in [-0.15, -0.1) is 12.4 Å². The molecule has 2 aliphatic rings. The van der Waals surface area contributed by atoms with Crippen LogP contribution in [0, 0.1) is 0 Å². The molecule has 27 heavy (non-hydrogen) atoms. The molecule has 2 aliphatic heterocycles. The van der Waals surface area contributed by atoms with Crippen LogP contribution in [-0.2, 0) is 17.7 Å². The molecule has 1 atom stereocenters. The molecule has 1 saturated heterocycles. The summed E-state index contributed by atoms with van der Waals surface area (Å²) in [6.45, 7) is 2.85. The highest BCUT2D eigenvalue weighted by Crippen LogP contribution is 2.26. The number of amides is 1. The molecule has 1 unspecified atom stereocenters. The zero-order chi connectivity index (χ0) is 17.8. The predicted molar refractivity (Wildman–Crippen MR) is 105 cm³/mol. The van der Waals surface area contributed by atoms with Gasteiger partial charge in [-0.3, -0.25) is 9.89 Å². The van der Waals surface area contributed by atoms with E-state index < -0.39 is 0 Å². The van der Waals surface area contributed by atoms with Crippen LogP contribution in [0.4, 0.5) is 5.69 Å². The third-order valence-corrected chi connectivity index (χ3v) is 4.86. The standard InChI is InChI=1S/C19H24N4O3.ClH/c24-19(18-14-11-20-9-8-15(14)22-23-18)21-16-6-1-2-7-17(16)26-12-13-5-3-4-10-25-13;/h1-2,6-7,13,20H,3-5,8-12H2,(H,21,24)(H,22,23);1H. The minimum absolute atomic E-state index is 0. The number of rotatable bonds is 5. The lowest BCUT2D eigenvalue weighted by Gasteiger charge is -2.23. The van der Waals surface area contributed by atoms with Gasteiger partial charge in [-0.2, -0.15) is 5.10 Å². The van der Waals surface area contributed by atoms with Crippen LogP contribution in [0.2, 0.25) is 0 Å². The van der Waals surface area contributed by atoms with Crippen LogP contribution in [0.5, 0.6) is 5.75 Å². The first kappa shape index (κ1) is 19.7. The third-order valence-electron chi connectivity index (χ3n) is 4.86. The van der Waals surface area contributed by atoms with E-state index in [4.69, 9.17) is 9.47 Å². The van der Waals surface area contributed by atoms with E-state index in [2.05, 4.69) is 20.8 Å². The van der Waals surface area contributed by atoms with Gasteiger partial charge in [-0.1, -0.05) is 12.1 Å². The van der Waals surface area contributed by atoms with Gasteiger partial charge in [-0.25, -0.2) is 0 Å². The zero-order valence-electron chi connectivity index (χ0n) is 15.1. The monoisotopic (exact) mass is 392 g/mol. The minimum atomic E-state index is -0.226. The van der Waals surface area contributed by atoms with E-state index in [1.807, 2.05) is 24.3 Å². The number of carbonyl (C=O) groups excluding carboxylic acids is 1. The molecule has 0 radical (unpaired) electrons. The summed E-state index contributed by atoms with van der Waals surface area (Å²) in [5.74, 6) is 0.425. The Morgan fingerprint density at radius 1 is 1.33 bits per heavy atom. The molecule has 1 aromatic heterocycles. The van der Waals surface area contributed by atoms with Crippen molar-refractivity contribution in [1.29, 1.82) is 0 Å². The van der Waals surface area contributed by atoms with E-state index in [0.29, 0.717) is 30.3 Å². The average molecular weight is 393 g/mol. The molecule has 0 spiro atoms. The van der Waals surface area contributed by atoms with E-state index in [1.54, 1.807) is 0 Å². The summed E-state index contributed by atoms with van der Waals surface area (Å²) >= 11 is 0. The number of nitrogens with one attached hydrogen (secondary N) is 3. The van der Waals surface area contributed by atoms with Gasteiger partial charge in [0.25, 0.3) is 5.91 Å². The van der Waals surface area contributed by atoms with E-state index in [-0.39, 0.29) is 24.4 Å². The van der Waals surface area contributed by atoms with Gasteiger partial charge in [0.05, 0.1) is 11.8 Å². The molecule has 0 aliphatic carbocycles. The van der Waals surface area contributed by atoms with Crippen LogP contribution >= 0.6 is 12.4 Å². The summed E-state index contributed by atoms with van der Waals surface area (Å²) in [4.78, 5) is 12.7. The SMILES string of the molecule is Cl.O=C(Nc1ccccc1OCC1CCCCO1)c1n[nH]c2c1CNCC2. The number of hydrogen-bond acceptors (Lipinski definition) is 5. The summed E-state index contributed by atoms with van der Waals surface area (Å²) < 4.78 is 11.6. The van der Waals surface area contributed by atoms with Crippen LogP contribution in [0.3, 0.4) is 0 Å². The maximum absolute atomic E-state index is 12.7.